The topological polar surface area (TPSA) is 164 Å². The average molecular weight is 760 g/mol. The zero-order valence-electron chi connectivity index (χ0n) is 28.2. The third-order valence-corrected chi connectivity index (χ3v) is 8.39. The molecule has 2 aromatic carbocycles. The summed E-state index contributed by atoms with van der Waals surface area (Å²) in [5, 5.41) is 17.8. The van der Waals surface area contributed by atoms with Crippen molar-refractivity contribution in [3.05, 3.63) is 111 Å². The fraction of sp³-hybridized carbons (Fsp3) is 0.314. The summed E-state index contributed by atoms with van der Waals surface area (Å²) in [7, 11) is 0. The van der Waals surface area contributed by atoms with Gasteiger partial charge in [-0.15, -0.1) is 27.9 Å². The van der Waals surface area contributed by atoms with Crippen molar-refractivity contribution < 1.29 is 39.0 Å². The van der Waals surface area contributed by atoms with Crippen LogP contribution in [0.25, 0.3) is 33.8 Å². The first-order valence-corrected chi connectivity index (χ1v) is 16.2. The summed E-state index contributed by atoms with van der Waals surface area (Å²) in [4.78, 5) is 21.2. The first kappa shape index (κ1) is 42.7. The number of aromatic nitrogens is 6. The molecule has 52 heavy (non-hydrogen) atoms. The molecule has 0 saturated carbocycles. The van der Waals surface area contributed by atoms with E-state index in [4.69, 9.17) is 36.9 Å². The summed E-state index contributed by atoms with van der Waals surface area (Å²) in [6.07, 6.45) is 0. The molecule has 6 heterocycles. The van der Waals surface area contributed by atoms with Gasteiger partial charge in [-0.3, -0.25) is 9.80 Å². The van der Waals surface area contributed by atoms with Crippen LogP contribution in [0.1, 0.15) is 18.6 Å². The number of benzene rings is 2. The van der Waals surface area contributed by atoms with Crippen LogP contribution in [0, 0.1) is 10.1 Å². The van der Waals surface area contributed by atoms with Crippen molar-refractivity contribution in [3.63, 3.8) is 0 Å². The quantitative estimate of drug-likeness (QED) is 0.151. The molecule has 2 N–H and O–H groups in total. The van der Waals surface area contributed by atoms with Crippen LogP contribution in [0.15, 0.2) is 90.3 Å². The average Bonchev–Trinajstić information content (AvgIpc) is 3.71. The van der Waals surface area contributed by atoms with Crippen LogP contribution in [0.3, 0.4) is 0 Å². The number of nitrogens with two attached hydrogens (primary N) is 1. The van der Waals surface area contributed by atoms with E-state index in [1.165, 1.54) is 11.1 Å². The Kier molecular flexibility index (Phi) is 17.3. The van der Waals surface area contributed by atoms with Gasteiger partial charge in [-0.25, -0.2) is 9.03 Å². The fourth-order valence-corrected chi connectivity index (χ4v) is 6.00. The Bertz CT molecular complexity index is 1830. The summed E-state index contributed by atoms with van der Waals surface area (Å²) in [5.74, 6) is 0.293. The number of pyridine rings is 2. The predicted molar refractivity (Wildman–Crippen MR) is 202 cm³/mol. The van der Waals surface area contributed by atoms with Crippen LogP contribution in [0.2, 0.25) is 5.28 Å². The standard InChI is InChI=1S/C17H17ClN4O.C17H19N5O.CH4.ClH.HNO2.Na/c2*18-17-19-16-3-1-2-15(22(16)20-17)14-6-4-13(5-7-14)12-21-8-10-23-11-9-21;;;2-1-3;/h1-7H,8-12H2;1-7H,8-12H2,(H2,18,20);1H4;1H;(H,2,3);/q;;;;;+1/p-1. The number of rotatable bonds is 6. The molecule has 0 bridgehead atoms. The van der Waals surface area contributed by atoms with Gasteiger partial charge in [-0.05, 0) is 47.0 Å². The van der Waals surface area contributed by atoms with Crippen LogP contribution >= 0.6 is 24.0 Å². The summed E-state index contributed by atoms with van der Waals surface area (Å²) in [6.45, 7) is 9.23. The summed E-state index contributed by atoms with van der Waals surface area (Å²) >= 11 is 5.92. The number of hydrogen-bond acceptors (Lipinski definition) is 12. The minimum Gasteiger partial charge on any atom is -0.444 e. The SMILES string of the molecule is C.Cl.Clc1nc2cccc(-c3ccc(CN4CCOCC4)cc3)n2n1.Nc1nc2cccc(-c3ccc(CN4CCOCC4)cc3)n2n1.O=N[O-].[Na+]. The fourth-order valence-electron chi connectivity index (χ4n) is 5.83. The minimum absolute atomic E-state index is 0. The number of nitrogen functional groups attached to an aromatic ring is 1. The Morgan fingerprint density at radius 3 is 1.54 bits per heavy atom. The van der Waals surface area contributed by atoms with Crippen molar-refractivity contribution in [2.24, 2.45) is 5.34 Å². The number of anilines is 1. The molecular weight excluding hydrogens is 718 g/mol. The van der Waals surface area contributed by atoms with Gasteiger partial charge in [0.2, 0.25) is 11.2 Å². The predicted octanol–water partition coefficient (Wildman–Crippen LogP) is 3.01. The van der Waals surface area contributed by atoms with Gasteiger partial charge in [-0.1, -0.05) is 68.1 Å². The van der Waals surface area contributed by atoms with E-state index in [1.807, 2.05) is 36.4 Å². The van der Waals surface area contributed by atoms with Crippen molar-refractivity contribution >= 4 is 41.3 Å². The maximum Gasteiger partial charge on any atom is 1.00 e. The Labute approximate surface area is 335 Å². The van der Waals surface area contributed by atoms with Gasteiger partial charge in [0.1, 0.15) is 0 Å². The van der Waals surface area contributed by atoms with Crippen molar-refractivity contribution in [3.8, 4) is 22.5 Å². The van der Waals surface area contributed by atoms with E-state index in [0.717, 1.165) is 105 Å². The molecule has 270 valence electrons. The van der Waals surface area contributed by atoms with Crippen LogP contribution < -0.4 is 35.3 Å². The van der Waals surface area contributed by atoms with Gasteiger partial charge < -0.3 is 25.3 Å². The molecule has 0 unspecified atom stereocenters. The van der Waals surface area contributed by atoms with Crippen LogP contribution in [0.5, 0.6) is 0 Å². The Hall–Kier alpha value is -3.70. The third-order valence-electron chi connectivity index (χ3n) is 8.23. The van der Waals surface area contributed by atoms with Crippen molar-refractivity contribution in [2.45, 2.75) is 20.5 Å². The minimum atomic E-state index is 0. The van der Waals surface area contributed by atoms with Crippen LogP contribution in [-0.4, -0.2) is 91.6 Å². The van der Waals surface area contributed by atoms with Crippen molar-refractivity contribution in [1.29, 1.82) is 0 Å². The maximum atomic E-state index is 8.00. The molecule has 6 aromatic rings. The van der Waals surface area contributed by atoms with Crippen molar-refractivity contribution in [2.75, 3.05) is 58.3 Å². The molecule has 0 amide bonds. The van der Waals surface area contributed by atoms with Gasteiger partial charge in [0.05, 0.1) is 37.8 Å². The first-order valence-electron chi connectivity index (χ1n) is 15.9. The maximum absolute atomic E-state index is 8.00. The van der Waals surface area contributed by atoms with E-state index in [0.29, 0.717) is 5.95 Å². The van der Waals surface area contributed by atoms with E-state index in [1.54, 1.807) is 9.03 Å². The zero-order chi connectivity index (χ0) is 34.0. The number of morpholine rings is 2. The van der Waals surface area contributed by atoms with E-state index >= 15 is 0 Å². The second kappa shape index (κ2) is 21.1. The molecule has 0 radical (unpaired) electrons. The normalized spacial score (nSPS) is 14.4. The molecule has 8 rings (SSSR count). The Morgan fingerprint density at radius 2 is 1.10 bits per heavy atom. The number of halogens is 2. The number of ether oxygens (including phenoxy) is 2. The molecule has 2 saturated heterocycles. The van der Waals surface area contributed by atoms with Crippen molar-refractivity contribution in [1.82, 2.24) is 39.0 Å². The van der Waals surface area contributed by atoms with Gasteiger partial charge in [0.15, 0.2) is 11.3 Å². The van der Waals surface area contributed by atoms with E-state index in [-0.39, 0.29) is 54.7 Å². The monoisotopic (exact) mass is 758 g/mol. The summed E-state index contributed by atoms with van der Waals surface area (Å²) in [6, 6.07) is 29.0. The molecule has 2 fully saturated rings. The third kappa shape index (κ3) is 11.2. The molecule has 2 aliphatic heterocycles. The first-order chi connectivity index (χ1) is 24.0. The smallest absolute Gasteiger partial charge is 0.444 e. The van der Waals surface area contributed by atoms with Crippen LogP contribution in [-0.2, 0) is 22.6 Å². The molecule has 4 aromatic heterocycles. The molecule has 17 heteroatoms. The summed E-state index contributed by atoms with van der Waals surface area (Å²) < 4.78 is 14.3. The van der Waals surface area contributed by atoms with E-state index < -0.39 is 0 Å². The number of fused-ring (bicyclic) bond motifs is 2. The largest absolute Gasteiger partial charge is 1.00 e. The van der Waals surface area contributed by atoms with Gasteiger partial charge >= 0.3 is 29.6 Å². The van der Waals surface area contributed by atoms with Gasteiger partial charge in [-0.2, -0.15) is 9.97 Å². The van der Waals surface area contributed by atoms with Gasteiger partial charge in [0, 0.05) is 50.4 Å². The summed E-state index contributed by atoms with van der Waals surface area (Å²) in [5.41, 5.74) is 14.0. The number of hydrogen-bond donors (Lipinski definition) is 1. The molecular formula is C35H41Cl2N10NaO4. The van der Waals surface area contributed by atoms with E-state index in [9.17, 15) is 0 Å². The molecule has 2 aliphatic rings. The zero-order valence-corrected chi connectivity index (χ0v) is 31.7. The number of nitrogens with zero attached hydrogens (tertiary/aromatic N) is 9. The van der Waals surface area contributed by atoms with Crippen LogP contribution in [0.4, 0.5) is 5.95 Å². The second-order valence-corrected chi connectivity index (χ2v) is 11.8. The molecule has 0 spiro atoms. The molecule has 0 atom stereocenters. The molecule has 14 nitrogen and oxygen atoms in total. The Balaban J connectivity index is 0.000000248. The second-order valence-electron chi connectivity index (χ2n) is 11.5. The Morgan fingerprint density at radius 1 is 0.692 bits per heavy atom. The molecule has 0 aliphatic carbocycles. The van der Waals surface area contributed by atoms with E-state index in [2.05, 4.69) is 78.5 Å². The van der Waals surface area contributed by atoms with Gasteiger partial charge in [0.25, 0.3) is 0 Å².